The van der Waals surface area contributed by atoms with E-state index in [2.05, 4.69) is 19.9 Å². The van der Waals surface area contributed by atoms with Gasteiger partial charge in [0.25, 0.3) is 0 Å². The van der Waals surface area contributed by atoms with Crippen LogP contribution >= 0.6 is 11.6 Å². The minimum atomic E-state index is -4.27. The molecule has 0 radical (unpaired) electrons. The lowest BCUT2D eigenvalue weighted by molar-refractivity contribution is -0.174. The maximum atomic E-state index is 12.4. The van der Waals surface area contributed by atoms with E-state index in [-0.39, 0.29) is 18.6 Å². The van der Waals surface area contributed by atoms with E-state index < -0.39 is 12.8 Å². The number of carbonyl (C=O) groups excluding carboxylic acids is 1. The third kappa shape index (κ3) is 8.04. The van der Waals surface area contributed by atoms with Gasteiger partial charge in [-0.05, 0) is 31.5 Å². The number of nitrogens with one attached hydrogen (secondary N) is 1. The standard InChI is InChI=1S/C18H25ClF3N3O2/c1-14(17(26)23-16-5-2-4-15(19)12-16)25-9-7-24(8-10-25)6-3-11-27-13-18(20,21)22/h2,4-5,12,14H,3,6-11,13H2,1H3,(H,23,26). The topological polar surface area (TPSA) is 44.8 Å². The number of carbonyl (C=O) groups is 1. The molecule has 1 heterocycles. The normalized spacial score (nSPS) is 17.7. The van der Waals surface area contributed by atoms with Crippen molar-refractivity contribution in [1.29, 1.82) is 0 Å². The highest BCUT2D eigenvalue weighted by Gasteiger charge is 2.28. The molecule has 0 aromatic heterocycles. The van der Waals surface area contributed by atoms with Crippen LogP contribution in [-0.2, 0) is 9.53 Å². The molecule has 1 aromatic rings. The third-order valence-corrected chi connectivity index (χ3v) is 4.69. The zero-order valence-corrected chi connectivity index (χ0v) is 16.0. The van der Waals surface area contributed by atoms with E-state index >= 15 is 0 Å². The van der Waals surface area contributed by atoms with Crippen LogP contribution in [0, 0.1) is 0 Å². The van der Waals surface area contributed by atoms with E-state index in [4.69, 9.17) is 11.6 Å². The van der Waals surface area contributed by atoms with E-state index in [1.807, 2.05) is 6.92 Å². The van der Waals surface area contributed by atoms with Crippen molar-refractivity contribution in [3.63, 3.8) is 0 Å². The molecule has 0 aliphatic carbocycles. The van der Waals surface area contributed by atoms with Crippen LogP contribution in [-0.4, -0.2) is 73.9 Å². The van der Waals surface area contributed by atoms with Crippen molar-refractivity contribution in [1.82, 2.24) is 9.80 Å². The maximum Gasteiger partial charge on any atom is 0.411 e. The van der Waals surface area contributed by atoms with Gasteiger partial charge in [0.1, 0.15) is 6.61 Å². The van der Waals surface area contributed by atoms with E-state index in [0.29, 0.717) is 23.7 Å². The first-order valence-corrected chi connectivity index (χ1v) is 9.30. The van der Waals surface area contributed by atoms with Gasteiger partial charge in [0.2, 0.25) is 5.91 Å². The van der Waals surface area contributed by atoms with E-state index in [1.54, 1.807) is 24.3 Å². The molecule has 0 spiro atoms. The molecule has 1 fully saturated rings. The van der Waals surface area contributed by atoms with Gasteiger partial charge in [0, 0.05) is 50.0 Å². The van der Waals surface area contributed by atoms with Crippen molar-refractivity contribution in [3.8, 4) is 0 Å². The SMILES string of the molecule is CC(C(=O)Nc1cccc(Cl)c1)N1CCN(CCCOCC(F)(F)F)CC1. The van der Waals surface area contributed by atoms with Gasteiger partial charge in [0.15, 0.2) is 0 Å². The first-order chi connectivity index (χ1) is 12.7. The van der Waals surface area contributed by atoms with Gasteiger partial charge in [-0.1, -0.05) is 17.7 Å². The monoisotopic (exact) mass is 407 g/mol. The minimum Gasteiger partial charge on any atom is -0.372 e. The van der Waals surface area contributed by atoms with Crippen molar-refractivity contribution >= 4 is 23.2 Å². The highest BCUT2D eigenvalue weighted by molar-refractivity contribution is 6.30. The summed E-state index contributed by atoms with van der Waals surface area (Å²) >= 11 is 5.92. The first kappa shape index (κ1) is 21.9. The molecular formula is C18H25ClF3N3O2. The second kappa shape index (κ2) is 10.3. The van der Waals surface area contributed by atoms with Gasteiger partial charge in [-0.15, -0.1) is 0 Å². The summed E-state index contributed by atoms with van der Waals surface area (Å²) in [5.41, 5.74) is 0.664. The van der Waals surface area contributed by atoms with Crippen LogP contribution in [0.25, 0.3) is 0 Å². The number of amides is 1. The van der Waals surface area contributed by atoms with Crippen molar-refractivity contribution < 1.29 is 22.7 Å². The van der Waals surface area contributed by atoms with Crippen molar-refractivity contribution in [2.45, 2.75) is 25.6 Å². The Kier molecular flexibility index (Phi) is 8.34. The number of hydrogen-bond donors (Lipinski definition) is 1. The molecule has 1 aliphatic rings. The molecule has 1 atom stereocenters. The summed E-state index contributed by atoms with van der Waals surface area (Å²) in [6.45, 7) is 4.46. The largest absolute Gasteiger partial charge is 0.411 e. The molecule has 152 valence electrons. The highest BCUT2D eigenvalue weighted by Crippen LogP contribution is 2.17. The molecule has 1 aromatic carbocycles. The number of ether oxygens (including phenoxy) is 1. The number of alkyl halides is 3. The van der Waals surface area contributed by atoms with Gasteiger partial charge in [-0.25, -0.2) is 0 Å². The van der Waals surface area contributed by atoms with Crippen LogP contribution < -0.4 is 5.32 Å². The second-order valence-corrected chi connectivity index (χ2v) is 7.01. The Morgan fingerprint density at radius 2 is 2.00 bits per heavy atom. The fraction of sp³-hybridized carbons (Fsp3) is 0.611. The average molecular weight is 408 g/mol. The van der Waals surface area contributed by atoms with Crippen LogP contribution in [0.15, 0.2) is 24.3 Å². The van der Waals surface area contributed by atoms with E-state index in [0.717, 1.165) is 26.2 Å². The summed E-state index contributed by atoms with van der Waals surface area (Å²) < 4.78 is 40.6. The predicted molar refractivity (Wildman–Crippen MR) is 99.0 cm³/mol. The molecule has 2 rings (SSSR count). The Balaban J connectivity index is 1.66. The van der Waals surface area contributed by atoms with Gasteiger partial charge in [-0.3, -0.25) is 9.69 Å². The maximum absolute atomic E-state index is 12.4. The number of benzene rings is 1. The Labute approximate surface area is 162 Å². The number of piperazine rings is 1. The summed E-state index contributed by atoms with van der Waals surface area (Å²) in [5, 5.41) is 3.43. The summed E-state index contributed by atoms with van der Waals surface area (Å²) in [6.07, 6.45) is -3.71. The van der Waals surface area contributed by atoms with Gasteiger partial charge >= 0.3 is 6.18 Å². The summed E-state index contributed by atoms with van der Waals surface area (Å²) in [5.74, 6) is -0.0914. The summed E-state index contributed by atoms with van der Waals surface area (Å²) in [4.78, 5) is 16.7. The van der Waals surface area contributed by atoms with Gasteiger partial charge in [0.05, 0.1) is 6.04 Å². The van der Waals surface area contributed by atoms with Crippen LogP contribution in [0.1, 0.15) is 13.3 Å². The number of nitrogens with zero attached hydrogens (tertiary/aromatic N) is 2. The predicted octanol–water partition coefficient (Wildman–Crippen LogP) is 3.25. The molecule has 0 saturated carbocycles. The fourth-order valence-electron chi connectivity index (χ4n) is 2.93. The summed E-state index contributed by atoms with van der Waals surface area (Å²) in [7, 11) is 0. The highest BCUT2D eigenvalue weighted by atomic mass is 35.5. The first-order valence-electron chi connectivity index (χ1n) is 8.92. The Hall–Kier alpha value is -1.35. The van der Waals surface area contributed by atoms with Crippen molar-refractivity contribution in [2.24, 2.45) is 0 Å². The number of halogens is 4. The number of hydrogen-bond acceptors (Lipinski definition) is 4. The van der Waals surface area contributed by atoms with E-state index in [1.165, 1.54) is 0 Å². The summed E-state index contributed by atoms with van der Waals surface area (Å²) in [6, 6.07) is 6.73. The van der Waals surface area contributed by atoms with Crippen molar-refractivity contribution in [3.05, 3.63) is 29.3 Å². The Morgan fingerprint density at radius 3 is 2.63 bits per heavy atom. The lowest BCUT2D eigenvalue weighted by Crippen LogP contribution is -2.52. The number of rotatable bonds is 8. The molecule has 0 bridgehead atoms. The lowest BCUT2D eigenvalue weighted by Gasteiger charge is -2.37. The fourth-order valence-corrected chi connectivity index (χ4v) is 3.12. The van der Waals surface area contributed by atoms with Crippen LogP contribution in [0.5, 0.6) is 0 Å². The molecular weight excluding hydrogens is 383 g/mol. The molecule has 5 nitrogen and oxygen atoms in total. The minimum absolute atomic E-state index is 0.0914. The number of anilines is 1. The smallest absolute Gasteiger partial charge is 0.372 e. The van der Waals surface area contributed by atoms with Crippen LogP contribution in [0.2, 0.25) is 5.02 Å². The molecule has 1 unspecified atom stereocenters. The quantitative estimate of drug-likeness (QED) is 0.672. The average Bonchev–Trinajstić information content (AvgIpc) is 2.60. The molecule has 1 amide bonds. The molecule has 27 heavy (non-hydrogen) atoms. The zero-order chi connectivity index (χ0) is 19.9. The van der Waals surface area contributed by atoms with Gasteiger partial charge < -0.3 is 15.0 Å². The van der Waals surface area contributed by atoms with Crippen LogP contribution in [0.3, 0.4) is 0 Å². The molecule has 9 heteroatoms. The molecule has 1 aliphatic heterocycles. The van der Waals surface area contributed by atoms with E-state index in [9.17, 15) is 18.0 Å². The van der Waals surface area contributed by atoms with Gasteiger partial charge in [-0.2, -0.15) is 13.2 Å². The van der Waals surface area contributed by atoms with Crippen molar-refractivity contribution in [2.75, 3.05) is 51.3 Å². The van der Waals surface area contributed by atoms with Crippen LogP contribution in [0.4, 0.5) is 18.9 Å². The second-order valence-electron chi connectivity index (χ2n) is 6.57. The molecule has 1 N–H and O–H groups in total. The zero-order valence-electron chi connectivity index (χ0n) is 15.3. The Morgan fingerprint density at radius 1 is 1.30 bits per heavy atom. The Bertz CT molecular complexity index is 608. The molecule has 1 saturated heterocycles. The third-order valence-electron chi connectivity index (χ3n) is 4.45. The lowest BCUT2D eigenvalue weighted by atomic mass is 10.2.